The molecule has 3 N–H and O–H groups in total. The van der Waals surface area contributed by atoms with Crippen LogP contribution in [0.5, 0.6) is 0 Å². The molecule has 0 bridgehead atoms. The molecule has 0 heterocycles. The van der Waals surface area contributed by atoms with Crippen LogP contribution in [0.4, 0.5) is 0 Å². The van der Waals surface area contributed by atoms with Crippen molar-refractivity contribution < 1.29 is 0 Å². The third-order valence-electron chi connectivity index (χ3n) is 0.324. The van der Waals surface area contributed by atoms with E-state index in [-0.39, 0.29) is 11.7 Å². The molecule has 0 atom stereocenters. The maximum Gasteiger partial charge on any atom is 0.130 e. The zero-order chi connectivity index (χ0) is 5.70. The highest BCUT2D eigenvalue weighted by atomic mass is 35.5. The molecule has 7 heavy (non-hydrogen) atoms. The minimum atomic E-state index is 0.0386. The minimum Gasteiger partial charge on any atom is -0.286 e. The molecular formula is C2H5ClN4. The van der Waals surface area contributed by atoms with Gasteiger partial charge in [0.15, 0.2) is 0 Å². The molecule has 0 aromatic carbocycles. The van der Waals surface area contributed by atoms with Gasteiger partial charge in [-0.15, -0.1) is 11.6 Å². The summed E-state index contributed by atoms with van der Waals surface area (Å²) in [4.78, 5) is 0. The first-order valence-corrected chi connectivity index (χ1v) is 2.10. The Morgan fingerprint density at radius 2 is 2.43 bits per heavy atom. The molecule has 0 saturated heterocycles. The van der Waals surface area contributed by atoms with Gasteiger partial charge >= 0.3 is 0 Å². The Morgan fingerprint density at radius 1 is 1.86 bits per heavy atom. The fourth-order valence-electron chi connectivity index (χ4n) is 0.0974. The summed E-state index contributed by atoms with van der Waals surface area (Å²) in [7, 11) is 0. The first-order valence-electron chi connectivity index (χ1n) is 1.57. The largest absolute Gasteiger partial charge is 0.286 e. The zero-order valence-corrected chi connectivity index (χ0v) is 4.29. The summed E-state index contributed by atoms with van der Waals surface area (Å²) in [6, 6.07) is 0. The summed E-state index contributed by atoms with van der Waals surface area (Å²) in [6.45, 7) is 0. The van der Waals surface area contributed by atoms with Crippen LogP contribution in [0.25, 0.3) is 0 Å². The molecule has 0 radical (unpaired) electrons. The lowest BCUT2D eigenvalue weighted by Crippen LogP contribution is -2.15. The Kier molecular flexibility index (Phi) is 3.22. The van der Waals surface area contributed by atoms with E-state index in [0.717, 1.165) is 0 Å². The molecule has 0 fully saturated rings. The molecule has 0 aromatic heterocycles. The second-order valence-electron chi connectivity index (χ2n) is 0.836. The van der Waals surface area contributed by atoms with Crippen molar-refractivity contribution in [3.8, 4) is 0 Å². The van der Waals surface area contributed by atoms with Gasteiger partial charge in [-0.05, 0) is 0 Å². The summed E-state index contributed by atoms with van der Waals surface area (Å²) in [5.41, 5.74) is 8.19. The average Bonchev–Trinajstić information content (AvgIpc) is 1.68. The van der Waals surface area contributed by atoms with E-state index >= 15 is 0 Å². The predicted octanol–water partition coefficient (Wildman–Crippen LogP) is 0.738. The van der Waals surface area contributed by atoms with Gasteiger partial charge in [-0.2, -0.15) is 5.53 Å². The average molecular weight is 121 g/mol. The van der Waals surface area contributed by atoms with Crippen molar-refractivity contribution in [1.82, 2.24) is 5.43 Å². The SMILES string of the molecule is N=NNC(=N)CCl. The lowest BCUT2D eigenvalue weighted by Gasteiger charge is -1.89. The summed E-state index contributed by atoms with van der Waals surface area (Å²) in [6.07, 6.45) is 0. The molecule has 0 aromatic rings. The highest BCUT2D eigenvalue weighted by Gasteiger charge is 1.84. The Hall–Kier alpha value is -0.640. The number of amidine groups is 1. The normalized spacial score (nSPS) is 7.57. The van der Waals surface area contributed by atoms with E-state index in [4.69, 9.17) is 22.5 Å². The fourth-order valence-corrected chi connectivity index (χ4v) is 0.157. The fraction of sp³-hybridized carbons (Fsp3) is 0.500. The van der Waals surface area contributed by atoms with E-state index in [1.165, 1.54) is 0 Å². The van der Waals surface area contributed by atoms with E-state index in [0.29, 0.717) is 0 Å². The van der Waals surface area contributed by atoms with Gasteiger partial charge in [-0.25, -0.2) is 5.43 Å². The number of halogens is 1. The van der Waals surface area contributed by atoms with E-state index in [1.54, 1.807) is 0 Å². The number of alkyl halides is 1. The van der Waals surface area contributed by atoms with Crippen molar-refractivity contribution in [3.63, 3.8) is 0 Å². The van der Waals surface area contributed by atoms with Crippen LogP contribution in [-0.4, -0.2) is 11.7 Å². The molecule has 0 aliphatic heterocycles. The van der Waals surface area contributed by atoms with E-state index < -0.39 is 0 Å². The van der Waals surface area contributed by atoms with Crippen LogP contribution in [0.3, 0.4) is 0 Å². The highest BCUT2D eigenvalue weighted by molar-refractivity contribution is 6.27. The van der Waals surface area contributed by atoms with Crippen molar-refractivity contribution in [2.24, 2.45) is 5.22 Å². The second-order valence-corrected chi connectivity index (χ2v) is 1.10. The van der Waals surface area contributed by atoms with Crippen LogP contribution in [0.1, 0.15) is 0 Å². The lowest BCUT2D eigenvalue weighted by molar-refractivity contribution is 0.857. The van der Waals surface area contributed by atoms with Gasteiger partial charge in [0.05, 0.1) is 5.88 Å². The van der Waals surface area contributed by atoms with E-state index in [9.17, 15) is 0 Å². The summed E-state index contributed by atoms with van der Waals surface area (Å²) in [5, 5.41) is 9.38. The van der Waals surface area contributed by atoms with Gasteiger partial charge in [0, 0.05) is 0 Å². The predicted molar refractivity (Wildman–Crippen MR) is 26.7 cm³/mol. The second kappa shape index (κ2) is 3.55. The quantitative estimate of drug-likeness (QED) is 0.162. The van der Waals surface area contributed by atoms with Gasteiger partial charge in [0.1, 0.15) is 5.84 Å². The first-order chi connectivity index (χ1) is 3.31. The molecule has 0 amide bonds. The summed E-state index contributed by atoms with van der Waals surface area (Å²) < 4.78 is 0. The number of hydrogen-bond acceptors (Lipinski definition) is 3. The van der Waals surface area contributed by atoms with Crippen molar-refractivity contribution >= 4 is 17.4 Å². The van der Waals surface area contributed by atoms with Gasteiger partial charge in [-0.1, -0.05) is 5.22 Å². The molecule has 0 saturated carbocycles. The molecule has 0 aliphatic carbocycles. The molecular weight excluding hydrogens is 116 g/mol. The smallest absolute Gasteiger partial charge is 0.130 e. The number of hydrogen-bond donors (Lipinski definition) is 3. The Labute approximate surface area is 45.8 Å². The number of nitrogens with one attached hydrogen (secondary N) is 3. The molecule has 0 aliphatic rings. The van der Waals surface area contributed by atoms with Crippen LogP contribution in [0.2, 0.25) is 0 Å². The maximum atomic E-state index is 6.68. The van der Waals surface area contributed by atoms with Crippen LogP contribution < -0.4 is 5.43 Å². The lowest BCUT2D eigenvalue weighted by atomic mass is 10.7. The molecule has 4 nitrogen and oxygen atoms in total. The monoisotopic (exact) mass is 120 g/mol. The molecule has 0 unspecified atom stereocenters. The van der Waals surface area contributed by atoms with Crippen molar-refractivity contribution in [1.29, 1.82) is 10.9 Å². The van der Waals surface area contributed by atoms with Crippen LogP contribution in [-0.2, 0) is 0 Å². The first kappa shape index (κ1) is 6.36. The van der Waals surface area contributed by atoms with Crippen LogP contribution >= 0.6 is 11.6 Å². The maximum absolute atomic E-state index is 6.68. The minimum absolute atomic E-state index is 0.0386. The summed E-state index contributed by atoms with van der Waals surface area (Å²) in [5.74, 6) is 0.110. The third-order valence-corrected chi connectivity index (χ3v) is 0.592. The van der Waals surface area contributed by atoms with E-state index in [1.807, 2.05) is 5.43 Å². The topological polar surface area (TPSA) is 72.1 Å². The van der Waals surface area contributed by atoms with Crippen molar-refractivity contribution in [2.45, 2.75) is 0 Å². The summed E-state index contributed by atoms with van der Waals surface area (Å²) >= 11 is 5.10. The van der Waals surface area contributed by atoms with Crippen molar-refractivity contribution in [2.75, 3.05) is 5.88 Å². The Balaban J connectivity index is 3.17. The Morgan fingerprint density at radius 3 is 2.57 bits per heavy atom. The van der Waals surface area contributed by atoms with Gasteiger partial charge in [-0.3, -0.25) is 5.41 Å². The third kappa shape index (κ3) is 3.18. The van der Waals surface area contributed by atoms with Gasteiger partial charge in [0.25, 0.3) is 0 Å². The van der Waals surface area contributed by atoms with Crippen LogP contribution in [0, 0.1) is 10.9 Å². The Bertz CT molecular complexity index is 79.8. The molecule has 0 spiro atoms. The highest BCUT2D eigenvalue weighted by Crippen LogP contribution is 1.72. The van der Waals surface area contributed by atoms with E-state index in [2.05, 4.69) is 5.22 Å². The van der Waals surface area contributed by atoms with Gasteiger partial charge in [0.2, 0.25) is 0 Å². The van der Waals surface area contributed by atoms with Crippen molar-refractivity contribution in [3.05, 3.63) is 0 Å². The molecule has 5 heteroatoms. The van der Waals surface area contributed by atoms with Crippen LogP contribution in [0.15, 0.2) is 5.22 Å². The number of nitrogens with zero attached hydrogens (tertiary/aromatic N) is 1. The molecule has 0 rings (SSSR count). The van der Waals surface area contributed by atoms with Gasteiger partial charge < -0.3 is 0 Å². The number of rotatable bonds is 2. The molecule has 40 valence electrons. The standard InChI is InChI=1S/C2H5ClN4/c3-1-2(4)6-7-5/h1H2,(H3,4,5,6). The zero-order valence-electron chi connectivity index (χ0n) is 3.53.